The van der Waals surface area contributed by atoms with Crippen LogP contribution in [0.15, 0.2) is 41.7 Å². The van der Waals surface area contributed by atoms with Crippen molar-refractivity contribution in [2.24, 2.45) is 12.0 Å². The van der Waals surface area contributed by atoms with Crippen molar-refractivity contribution in [2.75, 3.05) is 38.1 Å². The van der Waals surface area contributed by atoms with Crippen LogP contribution in [0, 0.1) is 0 Å². The number of carbonyl (C=O) groups excluding carboxylic acids is 1. The third-order valence-corrected chi connectivity index (χ3v) is 4.79. The fourth-order valence-corrected chi connectivity index (χ4v) is 3.48. The molecule has 2 heterocycles. The number of nitrogens with zero attached hydrogens (tertiary/aromatic N) is 4. The van der Waals surface area contributed by atoms with Gasteiger partial charge in [-0.15, -0.1) is 24.0 Å². The molecular weight excluding hydrogens is 495 g/mol. The molecule has 0 saturated carbocycles. The normalized spacial score (nSPS) is 16.2. The van der Waals surface area contributed by atoms with Crippen molar-refractivity contribution in [1.82, 2.24) is 20.0 Å². The first kappa shape index (κ1) is 24.0. The van der Waals surface area contributed by atoms with E-state index in [0.717, 1.165) is 37.7 Å². The molecule has 1 aromatic heterocycles. The Morgan fingerprint density at radius 2 is 2.23 bits per heavy atom. The van der Waals surface area contributed by atoms with E-state index in [4.69, 9.17) is 9.73 Å². The van der Waals surface area contributed by atoms with Gasteiger partial charge in [-0.05, 0) is 31.0 Å². The number of aromatic nitrogens is 2. The number of guanidine groups is 1. The van der Waals surface area contributed by atoms with E-state index in [1.54, 1.807) is 0 Å². The number of likely N-dealkylation sites (tertiary alicyclic amines) is 1. The van der Waals surface area contributed by atoms with E-state index in [0.29, 0.717) is 24.8 Å². The highest BCUT2D eigenvalue weighted by molar-refractivity contribution is 14.0. The quantitative estimate of drug-likeness (QED) is 0.251. The maximum Gasteiger partial charge on any atom is 0.221 e. The van der Waals surface area contributed by atoms with Gasteiger partial charge in [-0.3, -0.25) is 9.48 Å². The highest BCUT2D eigenvalue weighted by Gasteiger charge is 2.26. The lowest BCUT2D eigenvalue weighted by atomic mass is 10.0. The van der Waals surface area contributed by atoms with Gasteiger partial charge in [0, 0.05) is 57.5 Å². The second kappa shape index (κ2) is 11.8. The topological polar surface area (TPSA) is 83.8 Å². The van der Waals surface area contributed by atoms with Crippen LogP contribution in [0.25, 0.3) is 0 Å². The molecule has 1 atom stereocenters. The van der Waals surface area contributed by atoms with Gasteiger partial charge in [0.2, 0.25) is 5.91 Å². The Morgan fingerprint density at radius 3 is 2.93 bits per heavy atom. The van der Waals surface area contributed by atoms with Crippen LogP contribution in [0.5, 0.6) is 5.75 Å². The van der Waals surface area contributed by atoms with Crippen LogP contribution in [0.4, 0.5) is 5.69 Å². The molecule has 3 rings (SSSR count). The molecule has 1 unspecified atom stereocenters. The van der Waals surface area contributed by atoms with Crippen LogP contribution in [0.1, 0.15) is 31.7 Å². The van der Waals surface area contributed by atoms with Gasteiger partial charge in [-0.1, -0.05) is 6.07 Å². The Morgan fingerprint density at radius 1 is 1.40 bits per heavy atom. The Balaban J connectivity index is 0.00000320. The van der Waals surface area contributed by atoms with Crippen LogP contribution < -0.4 is 15.4 Å². The summed E-state index contributed by atoms with van der Waals surface area (Å²) in [6.07, 6.45) is 5.16. The number of hydrogen-bond acceptors (Lipinski definition) is 4. The van der Waals surface area contributed by atoms with Gasteiger partial charge in [0.05, 0.1) is 12.7 Å². The standard InChI is InChI=1S/C21H30N6O2.HI/c1-4-22-21(27-10-8-17(15-27)18-13-24-26(3)14-18)23-9-11-29-20-7-5-6-19(12-20)25-16(2)28;/h5-7,12-14,17H,4,8-11,15H2,1-3H3,(H,22,23)(H,25,28);1H. The molecule has 30 heavy (non-hydrogen) atoms. The summed E-state index contributed by atoms with van der Waals surface area (Å²) >= 11 is 0. The number of amides is 1. The van der Waals surface area contributed by atoms with Gasteiger partial charge >= 0.3 is 0 Å². The summed E-state index contributed by atoms with van der Waals surface area (Å²) in [6, 6.07) is 7.38. The third kappa shape index (κ3) is 6.89. The molecule has 1 aliphatic rings. The Hall–Kier alpha value is -2.30. The number of ether oxygens (including phenoxy) is 1. The van der Waals surface area contributed by atoms with E-state index in [-0.39, 0.29) is 29.9 Å². The van der Waals surface area contributed by atoms with Crippen molar-refractivity contribution in [1.29, 1.82) is 0 Å². The molecule has 1 fully saturated rings. The summed E-state index contributed by atoms with van der Waals surface area (Å²) in [4.78, 5) is 18.2. The van der Waals surface area contributed by atoms with Gasteiger partial charge in [0.25, 0.3) is 0 Å². The predicted octanol–water partition coefficient (Wildman–Crippen LogP) is 2.83. The Kier molecular flexibility index (Phi) is 9.41. The van der Waals surface area contributed by atoms with E-state index in [2.05, 4.69) is 33.8 Å². The number of aryl methyl sites for hydroxylation is 1. The number of benzene rings is 1. The first-order valence-electron chi connectivity index (χ1n) is 10.1. The molecule has 2 aromatic rings. The van der Waals surface area contributed by atoms with Crippen molar-refractivity contribution >= 4 is 41.5 Å². The monoisotopic (exact) mass is 526 g/mol. The van der Waals surface area contributed by atoms with Crippen LogP contribution in [-0.4, -0.2) is 59.3 Å². The molecule has 164 valence electrons. The fourth-order valence-electron chi connectivity index (χ4n) is 3.48. The first-order valence-corrected chi connectivity index (χ1v) is 10.1. The van der Waals surface area contributed by atoms with E-state index < -0.39 is 0 Å². The van der Waals surface area contributed by atoms with E-state index in [9.17, 15) is 4.79 Å². The summed E-state index contributed by atoms with van der Waals surface area (Å²) in [5, 5.41) is 10.4. The van der Waals surface area contributed by atoms with Crippen LogP contribution in [0.3, 0.4) is 0 Å². The summed E-state index contributed by atoms with van der Waals surface area (Å²) in [5.74, 6) is 2.03. The maximum atomic E-state index is 11.2. The molecule has 1 amide bonds. The van der Waals surface area contributed by atoms with Gasteiger partial charge in [-0.25, -0.2) is 4.99 Å². The smallest absolute Gasteiger partial charge is 0.221 e. The van der Waals surface area contributed by atoms with Gasteiger partial charge in [0.15, 0.2) is 5.96 Å². The summed E-state index contributed by atoms with van der Waals surface area (Å²) in [7, 11) is 1.95. The summed E-state index contributed by atoms with van der Waals surface area (Å²) < 4.78 is 7.65. The lowest BCUT2D eigenvalue weighted by Gasteiger charge is -2.21. The number of carbonyl (C=O) groups is 1. The zero-order valence-corrected chi connectivity index (χ0v) is 20.1. The lowest BCUT2D eigenvalue weighted by Crippen LogP contribution is -2.40. The number of hydrogen-bond donors (Lipinski definition) is 2. The zero-order valence-electron chi connectivity index (χ0n) is 17.8. The number of anilines is 1. The molecule has 2 N–H and O–H groups in total. The Bertz CT molecular complexity index is 854. The van der Waals surface area contributed by atoms with Crippen molar-refractivity contribution < 1.29 is 9.53 Å². The van der Waals surface area contributed by atoms with Crippen LogP contribution in [-0.2, 0) is 11.8 Å². The third-order valence-electron chi connectivity index (χ3n) is 4.79. The van der Waals surface area contributed by atoms with E-state index in [1.807, 2.05) is 42.2 Å². The molecule has 9 heteroatoms. The van der Waals surface area contributed by atoms with Crippen molar-refractivity contribution in [3.05, 3.63) is 42.2 Å². The summed E-state index contributed by atoms with van der Waals surface area (Å²) in [6.45, 7) is 7.34. The first-order chi connectivity index (χ1) is 14.0. The predicted molar refractivity (Wildman–Crippen MR) is 130 cm³/mol. The van der Waals surface area contributed by atoms with Gasteiger partial charge in [0.1, 0.15) is 12.4 Å². The summed E-state index contributed by atoms with van der Waals surface area (Å²) in [5.41, 5.74) is 2.01. The molecule has 8 nitrogen and oxygen atoms in total. The average molecular weight is 526 g/mol. The van der Waals surface area contributed by atoms with E-state index >= 15 is 0 Å². The second-order valence-corrected chi connectivity index (χ2v) is 7.17. The molecule has 0 spiro atoms. The SMILES string of the molecule is CCNC(=NCCOc1cccc(NC(C)=O)c1)N1CCC(c2cnn(C)c2)C1.I. The number of halogens is 1. The molecule has 0 radical (unpaired) electrons. The molecular formula is C21H31IN6O2. The molecule has 1 aromatic carbocycles. The fraction of sp³-hybridized carbons (Fsp3) is 0.476. The zero-order chi connectivity index (χ0) is 20.6. The second-order valence-electron chi connectivity index (χ2n) is 7.17. The van der Waals surface area contributed by atoms with Crippen molar-refractivity contribution in [2.45, 2.75) is 26.2 Å². The molecule has 1 saturated heterocycles. The highest BCUT2D eigenvalue weighted by atomic mass is 127. The number of rotatable bonds is 7. The maximum absolute atomic E-state index is 11.2. The van der Waals surface area contributed by atoms with Crippen LogP contribution in [0.2, 0.25) is 0 Å². The average Bonchev–Trinajstić information content (AvgIpc) is 3.33. The lowest BCUT2D eigenvalue weighted by molar-refractivity contribution is -0.114. The number of aliphatic imine (C=N–C) groups is 1. The van der Waals surface area contributed by atoms with E-state index in [1.165, 1.54) is 12.5 Å². The largest absolute Gasteiger partial charge is 0.492 e. The minimum absolute atomic E-state index is 0. The van der Waals surface area contributed by atoms with Crippen molar-refractivity contribution in [3.8, 4) is 5.75 Å². The molecule has 0 bridgehead atoms. The number of nitrogens with one attached hydrogen (secondary N) is 2. The van der Waals surface area contributed by atoms with Gasteiger partial charge in [-0.2, -0.15) is 5.10 Å². The minimum atomic E-state index is -0.0998. The van der Waals surface area contributed by atoms with Crippen molar-refractivity contribution in [3.63, 3.8) is 0 Å². The minimum Gasteiger partial charge on any atom is -0.492 e. The Labute approximate surface area is 195 Å². The molecule has 1 aliphatic heterocycles. The highest BCUT2D eigenvalue weighted by Crippen LogP contribution is 2.26. The van der Waals surface area contributed by atoms with Gasteiger partial charge < -0.3 is 20.3 Å². The molecule has 0 aliphatic carbocycles. The van der Waals surface area contributed by atoms with Crippen LogP contribution >= 0.6 is 24.0 Å².